The molecule has 3 N–H and O–H groups in total. The molecule has 32 heavy (non-hydrogen) atoms. The number of methoxy groups -OCH3 is 1. The summed E-state index contributed by atoms with van der Waals surface area (Å²) in [6.45, 7) is 0. The lowest BCUT2D eigenvalue weighted by Gasteiger charge is -2.12. The minimum Gasteiger partial charge on any atom is -0.496 e. The SMILES string of the molecule is COc1ccc(C(=O)NC(=S)Nc2cccc(NC(=O)CCc3ccccc3)c2)cc1I. The summed E-state index contributed by atoms with van der Waals surface area (Å²) < 4.78 is 6.04. The smallest absolute Gasteiger partial charge is 0.257 e. The molecule has 3 aromatic carbocycles. The van der Waals surface area contributed by atoms with E-state index in [1.165, 1.54) is 0 Å². The summed E-state index contributed by atoms with van der Waals surface area (Å²) in [5.41, 5.74) is 2.89. The molecular weight excluding hydrogens is 537 g/mol. The lowest BCUT2D eigenvalue weighted by molar-refractivity contribution is -0.116. The van der Waals surface area contributed by atoms with Crippen molar-refractivity contribution >= 4 is 63.1 Å². The highest BCUT2D eigenvalue weighted by molar-refractivity contribution is 14.1. The number of thiocarbonyl (C=S) groups is 1. The van der Waals surface area contributed by atoms with Crippen molar-refractivity contribution in [1.82, 2.24) is 5.32 Å². The molecule has 6 nitrogen and oxygen atoms in total. The summed E-state index contributed by atoms with van der Waals surface area (Å²) in [5.74, 6) is 0.301. The van der Waals surface area contributed by atoms with Gasteiger partial charge in [0.1, 0.15) is 5.75 Å². The van der Waals surface area contributed by atoms with Gasteiger partial charge in [0, 0.05) is 23.4 Å². The quantitative estimate of drug-likeness (QED) is 0.281. The van der Waals surface area contributed by atoms with Crippen LogP contribution >= 0.6 is 34.8 Å². The Morgan fingerprint density at radius 1 is 0.938 bits per heavy atom. The van der Waals surface area contributed by atoms with Crippen LogP contribution in [-0.4, -0.2) is 24.0 Å². The maximum Gasteiger partial charge on any atom is 0.257 e. The second-order valence-corrected chi connectivity index (χ2v) is 8.44. The largest absolute Gasteiger partial charge is 0.496 e. The van der Waals surface area contributed by atoms with Gasteiger partial charge < -0.3 is 15.4 Å². The Hall–Kier alpha value is -2.98. The van der Waals surface area contributed by atoms with E-state index in [4.69, 9.17) is 17.0 Å². The maximum absolute atomic E-state index is 12.5. The standard InChI is InChI=1S/C24H22IN3O3S/c1-31-21-12-11-17(14-20(21)25)23(30)28-24(32)27-19-9-5-8-18(15-19)26-22(29)13-10-16-6-3-2-4-7-16/h2-9,11-12,14-15H,10,13H2,1H3,(H,26,29)(H2,27,28,30,32). The number of carbonyl (C=O) groups is 2. The average molecular weight is 559 g/mol. The molecule has 0 spiro atoms. The van der Waals surface area contributed by atoms with E-state index in [1.54, 1.807) is 49.6 Å². The number of anilines is 2. The highest BCUT2D eigenvalue weighted by Crippen LogP contribution is 2.21. The molecule has 164 valence electrons. The van der Waals surface area contributed by atoms with Gasteiger partial charge in [-0.3, -0.25) is 14.9 Å². The molecule has 0 saturated carbocycles. The molecule has 0 atom stereocenters. The maximum atomic E-state index is 12.5. The van der Waals surface area contributed by atoms with Gasteiger partial charge in [0.15, 0.2) is 5.11 Å². The lowest BCUT2D eigenvalue weighted by atomic mass is 10.1. The zero-order valence-corrected chi connectivity index (χ0v) is 20.3. The van der Waals surface area contributed by atoms with Crippen molar-refractivity contribution in [3.05, 3.63) is 87.5 Å². The molecule has 0 saturated heterocycles. The van der Waals surface area contributed by atoms with Crippen LogP contribution in [0.2, 0.25) is 0 Å². The Balaban J connectivity index is 1.53. The molecule has 0 aromatic heterocycles. The fourth-order valence-corrected chi connectivity index (χ4v) is 3.89. The number of aryl methyl sites for hydroxylation is 1. The Bertz CT molecular complexity index is 1120. The Morgan fingerprint density at radius 3 is 2.34 bits per heavy atom. The van der Waals surface area contributed by atoms with Crippen LogP contribution in [0.15, 0.2) is 72.8 Å². The van der Waals surface area contributed by atoms with Crippen molar-refractivity contribution in [2.45, 2.75) is 12.8 Å². The third-order valence-corrected chi connectivity index (χ3v) is 5.58. The molecule has 0 bridgehead atoms. The van der Waals surface area contributed by atoms with E-state index < -0.39 is 0 Å². The summed E-state index contributed by atoms with van der Waals surface area (Å²) in [6, 6.07) is 22.2. The van der Waals surface area contributed by atoms with Crippen LogP contribution in [0.4, 0.5) is 11.4 Å². The highest BCUT2D eigenvalue weighted by Gasteiger charge is 2.11. The molecule has 0 fully saturated rings. The van der Waals surface area contributed by atoms with Crippen molar-refractivity contribution in [1.29, 1.82) is 0 Å². The number of nitrogens with one attached hydrogen (secondary N) is 3. The number of ether oxygens (including phenoxy) is 1. The second kappa shape index (κ2) is 11.6. The average Bonchev–Trinajstić information content (AvgIpc) is 2.78. The van der Waals surface area contributed by atoms with Crippen LogP contribution < -0.4 is 20.7 Å². The normalized spacial score (nSPS) is 10.2. The minimum absolute atomic E-state index is 0.0732. The molecular formula is C24H22IN3O3S. The van der Waals surface area contributed by atoms with Crippen LogP contribution in [0.25, 0.3) is 0 Å². The van der Waals surface area contributed by atoms with E-state index in [2.05, 4.69) is 38.5 Å². The van der Waals surface area contributed by atoms with E-state index in [0.717, 1.165) is 9.13 Å². The first kappa shape index (κ1) is 23.7. The number of amides is 2. The fraction of sp³-hybridized carbons (Fsp3) is 0.125. The van der Waals surface area contributed by atoms with Crippen LogP contribution in [0, 0.1) is 3.57 Å². The number of hydrogen-bond donors (Lipinski definition) is 3. The topological polar surface area (TPSA) is 79.5 Å². The van der Waals surface area contributed by atoms with Gasteiger partial charge in [0.25, 0.3) is 5.91 Å². The summed E-state index contributed by atoms with van der Waals surface area (Å²) in [6.07, 6.45) is 1.06. The number of carbonyl (C=O) groups excluding carboxylic acids is 2. The molecule has 3 aromatic rings. The van der Waals surface area contributed by atoms with Gasteiger partial charge in [0.2, 0.25) is 5.91 Å². The summed E-state index contributed by atoms with van der Waals surface area (Å²) in [5, 5.41) is 8.68. The Labute approximate surface area is 205 Å². The first-order chi connectivity index (χ1) is 15.4. The third kappa shape index (κ3) is 7.03. The second-order valence-electron chi connectivity index (χ2n) is 6.87. The molecule has 0 radical (unpaired) electrons. The molecule has 3 rings (SSSR count). The van der Waals surface area contributed by atoms with E-state index in [1.807, 2.05) is 30.3 Å². The van der Waals surface area contributed by atoms with Crippen molar-refractivity contribution in [2.75, 3.05) is 17.7 Å². The summed E-state index contributed by atoms with van der Waals surface area (Å²) >= 11 is 7.37. The molecule has 0 unspecified atom stereocenters. The molecule has 2 amide bonds. The Morgan fingerprint density at radius 2 is 1.66 bits per heavy atom. The van der Waals surface area contributed by atoms with Crippen LogP contribution in [0.5, 0.6) is 5.75 Å². The first-order valence-electron chi connectivity index (χ1n) is 9.84. The van der Waals surface area contributed by atoms with Gasteiger partial charge in [-0.05, 0) is 83.2 Å². The molecule has 0 aliphatic carbocycles. The van der Waals surface area contributed by atoms with Crippen molar-refractivity contribution in [3.8, 4) is 5.75 Å². The van der Waals surface area contributed by atoms with Crippen LogP contribution in [0.3, 0.4) is 0 Å². The number of benzene rings is 3. The van der Waals surface area contributed by atoms with Crippen molar-refractivity contribution in [3.63, 3.8) is 0 Å². The van der Waals surface area contributed by atoms with Gasteiger partial charge in [-0.2, -0.15) is 0 Å². The molecule has 0 heterocycles. The number of hydrogen-bond acceptors (Lipinski definition) is 4. The zero-order chi connectivity index (χ0) is 22.9. The number of rotatable bonds is 7. The van der Waals surface area contributed by atoms with E-state index in [-0.39, 0.29) is 16.9 Å². The van der Waals surface area contributed by atoms with Gasteiger partial charge in [-0.15, -0.1) is 0 Å². The monoisotopic (exact) mass is 559 g/mol. The summed E-state index contributed by atoms with van der Waals surface area (Å²) in [4.78, 5) is 24.7. The van der Waals surface area contributed by atoms with Gasteiger partial charge in [-0.25, -0.2) is 0 Å². The highest BCUT2D eigenvalue weighted by atomic mass is 127. The summed E-state index contributed by atoms with van der Waals surface area (Å²) in [7, 11) is 1.58. The zero-order valence-electron chi connectivity index (χ0n) is 17.4. The van der Waals surface area contributed by atoms with Crippen LogP contribution in [-0.2, 0) is 11.2 Å². The van der Waals surface area contributed by atoms with Gasteiger partial charge >= 0.3 is 0 Å². The minimum atomic E-state index is -0.326. The third-order valence-electron chi connectivity index (χ3n) is 4.53. The van der Waals surface area contributed by atoms with Gasteiger partial charge in [-0.1, -0.05) is 36.4 Å². The fourth-order valence-electron chi connectivity index (χ4n) is 2.95. The van der Waals surface area contributed by atoms with Gasteiger partial charge in [0.05, 0.1) is 10.7 Å². The van der Waals surface area contributed by atoms with Crippen molar-refractivity contribution in [2.24, 2.45) is 0 Å². The molecule has 0 aliphatic heterocycles. The predicted octanol–water partition coefficient (Wildman–Crippen LogP) is 5.00. The van der Waals surface area contributed by atoms with E-state index in [9.17, 15) is 9.59 Å². The Kier molecular flexibility index (Phi) is 8.57. The molecule has 8 heteroatoms. The van der Waals surface area contributed by atoms with E-state index >= 15 is 0 Å². The first-order valence-corrected chi connectivity index (χ1v) is 11.3. The van der Waals surface area contributed by atoms with Crippen molar-refractivity contribution < 1.29 is 14.3 Å². The van der Waals surface area contributed by atoms with E-state index in [0.29, 0.717) is 35.5 Å². The predicted molar refractivity (Wildman–Crippen MR) is 139 cm³/mol. The number of halogens is 1. The molecule has 0 aliphatic rings. The lowest BCUT2D eigenvalue weighted by Crippen LogP contribution is -2.34. The van der Waals surface area contributed by atoms with Crippen LogP contribution in [0.1, 0.15) is 22.3 Å².